The Morgan fingerprint density at radius 1 is 1.00 bits per heavy atom. The minimum absolute atomic E-state index is 0.0675. The zero-order valence-corrected chi connectivity index (χ0v) is 15.1. The standard InChI is InChI=1S/C20H23NO5/c1-13(10-15-6-9-17(25-2)18(11-15)26-3)19(22)21-12-14-4-7-16(8-5-14)20(23)24/h4-9,11,13H,10,12H2,1-3H3,(H,21,22)(H,23,24). The van der Waals surface area contributed by atoms with Crippen LogP contribution >= 0.6 is 0 Å². The van der Waals surface area contributed by atoms with Crippen molar-refractivity contribution in [3.63, 3.8) is 0 Å². The van der Waals surface area contributed by atoms with E-state index in [0.717, 1.165) is 11.1 Å². The molecular weight excluding hydrogens is 334 g/mol. The number of methoxy groups -OCH3 is 2. The van der Waals surface area contributed by atoms with Gasteiger partial charge in [-0.25, -0.2) is 4.79 Å². The molecule has 0 radical (unpaired) electrons. The molecule has 1 atom stereocenters. The number of amides is 1. The number of carbonyl (C=O) groups is 2. The third kappa shape index (κ3) is 4.99. The predicted molar refractivity (Wildman–Crippen MR) is 97.7 cm³/mol. The molecule has 6 heteroatoms. The molecule has 0 aliphatic heterocycles. The zero-order valence-electron chi connectivity index (χ0n) is 15.1. The summed E-state index contributed by atoms with van der Waals surface area (Å²) < 4.78 is 10.5. The largest absolute Gasteiger partial charge is 0.493 e. The van der Waals surface area contributed by atoms with Gasteiger partial charge >= 0.3 is 5.97 Å². The third-order valence-corrected chi connectivity index (χ3v) is 4.11. The number of ether oxygens (including phenoxy) is 2. The highest BCUT2D eigenvalue weighted by Gasteiger charge is 2.15. The van der Waals surface area contributed by atoms with Gasteiger partial charge in [0, 0.05) is 12.5 Å². The molecule has 0 spiro atoms. The summed E-state index contributed by atoms with van der Waals surface area (Å²) in [6.45, 7) is 2.22. The molecule has 6 nitrogen and oxygen atoms in total. The molecule has 0 saturated carbocycles. The van der Waals surface area contributed by atoms with Gasteiger partial charge in [-0.3, -0.25) is 4.79 Å². The summed E-state index contributed by atoms with van der Waals surface area (Å²) >= 11 is 0. The Morgan fingerprint density at radius 2 is 1.62 bits per heavy atom. The average molecular weight is 357 g/mol. The number of benzene rings is 2. The van der Waals surface area contributed by atoms with E-state index in [9.17, 15) is 9.59 Å². The lowest BCUT2D eigenvalue weighted by molar-refractivity contribution is -0.124. The van der Waals surface area contributed by atoms with E-state index in [4.69, 9.17) is 14.6 Å². The molecule has 2 rings (SSSR count). The Kier molecular flexibility index (Phi) is 6.60. The van der Waals surface area contributed by atoms with Crippen molar-refractivity contribution in [1.82, 2.24) is 5.32 Å². The van der Waals surface area contributed by atoms with Crippen LogP contribution in [0.4, 0.5) is 0 Å². The lowest BCUT2D eigenvalue weighted by Crippen LogP contribution is -2.29. The number of aromatic carboxylic acids is 1. The molecule has 1 unspecified atom stereocenters. The monoisotopic (exact) mass is 357 g/mol. The second-order valence-electron chi connectivity index (χ2n) is 6.01. The van der Waals surface area contributed by atoms with Crippen molar-refractivity contribution in [2.45, 2.75) is 19.9 Å². The number of carboxylic acid groups (broad SMARTS) is 1. The van der Waals surface area contributed by atoms with E-state index in [1.54, 1.807) is 26.4 Å². The minimum atomic E-state index is -0.968. The summed E-state index contributed by atoms with van der Waals surface area (Å²) in [7, 11) is 3.16. The lowest BCUT2D eigenvalue weighted by atomic mass is 10.00. The molecule has 0 aromatic heterocycles. The molecule has 26 heavy (non-hydrogen) atoms. The summed E-state index contributed by atoms with van der Waals surface area (Å²) in [4.78, 5) is 23.2. The number of hydrogen-bond acceptors (Lipinski definition) is 4. The van der Waals surface area contributed by atoms with E-state index in [1.165, 1.54) is 12.1 Å². The first-order valence-electron chi connectivity index (χ1n) is 8.25. The smallest absolute Gasteiger partial charge is 0.335 e. The van der Waals surface area contributed by atoms with E-state index in [1.807, 2.05) is 25.1 Å². The molecule has 2 aromatic carbocycles. The average Bonchev–Trinajstić information content (AvgIpc) is 2.66. The van der Waals surface area contributed by atoms with Gasteiger partial charge in [0.15, 0.2) is 11.5 Å². The van der Waals surface area contributed by atoms with Gasteiger partial charge in [-0.2, -0.15) is 0 Å². The van der Waals surface area contributed by atoms with Gasteiger partial charge in [-0.1, -0.05) is 25.1 Å². The predicted octanol–water partition coefficient (Wildman–Crippen LogP) is 2.90. The first-order valence-corrected chi connectivity index (χ1v) is 8.25. The van der Waals surface area contributed by atoms with Gasteiger partial charge in [0.2, 0.25) is 5.91 Å². The first kappa shape index (κ1) is 19.3. The SMILES string of the molecule is COc1ccc(CC(C)C(=O)NCc2ccc(C(=O)O)cc2)cc1OC. The summed E-state index contributed by atoms with van der Waals surface area (Å²) in [6.07, 6.45) is 0.574. The van der Waals surface area contributed by atoms with E-state index in [0.29, 0.717) is 24.5 Å². The highest BCUT2D eigenvalue weighted by Crippen LogP contribution is 2.28. The van der Waals surface area contributed by atoms with E-state index >= 15 is 0 Å². The van der Waals surface area contributed by atoms with Crippen molar-refractivity contribution in [1.29, 1.82) is 0 Å². The zero-order chi connectivity index (χ0) is 19.1. The Balaban J connectivity index is 1.92. The van der Waals surface area contributed by atoms with Gasteiger partial charge in [0.1, 0.15) is 0 Å². The summed E-state index contributed by atoms with van der Waals surface area (Å²) in [5.41, 5.74) is 2.06. The van der Waals surface area contributed by atoms with Crippen LogP contribution in [0.3, 0.4) is 0 Å². The number of carboxylic acids is 1. The van der Waals surface area contributed by atoms with Crippen LogP contribution in [0.5, 0.6) is 11.5 Å². The van der Waals surface area contributed by atoms with Crippen molar-refractivity contribution in [3.8, 4) is 11.5 Å². The first-order chi connectivity index (χ1) is 12.4. The molecular formula is C20H23NO5. The molecule has 0 aliphatic carbocycles. The van der Waals surface area contributed by atoms with Crippen LogP contribution in [0.2, 0.25) is 0 Å². The molecule has 0 bridgehead atoms. The fourth-order valence-corrected chi connectivity index (χ4v) is 2.58. The normalized spacial score (nSPS) is 11.5. The van der Waals surface area contributed by atoms with Crippen LogP contribution in [-0.4, -0.2) is 31.2 Å². The van der Waals surface area contributed by atoms with Gasteiger partial charge in [0.25, 0.3) is 0 Å². The molecule has 0 aliphatic rings. The second-order valence-corrected chi connectivity index (χ2v) is 6.01. The Morgan fingerprint density at radius 3 is 2.19 bits per heavy atom. The van der Waals surface area contributed by atoms with Crippen molar-refractivity contribution >= 4 is 11.9 Å². The molecule has 2 N–H and O–H groups in total. The fourth-order valence-electron chi connectivity index (χ4n) is 2.58. The van der Waals surface area contributed by atoms with Gasteiger partial charge in [0.05, 0.1) is 19.8 Å². The number of hydrogen-bond donors (Lipinski definition) is 2. The van der Waals surface area contributed by atoms with E-state index in [2.05, 4.69) is 5.32 Å². The van der Waals surface area contributed by atoms with Crippen LogP contribution in [0.15, 0.2) is 42.5 Å². The molecule has 138 valence electrons. The van der Waals surface area contributed by atoms with Crippen LogP contribution in [-0.2, 0) is 17.8 Å². The number of nitrogens with one attached hydrogen (secondary N) is 1. The Hall–Kier alpha value is -3.02. The van der Waals surface area contributed by atoms with Crippen molar-refractivity contribution in [2.75, 3.05) is 14.2 Å². The van der Waals surface area contributed by atoms with Gasteiger partial charge < -0.3 is 19.9 Å². The van der Waals surface area contributed by atoms with Crippen LogP contribution in [0.25, 0.3) is 0 Å². The third-order valence-electron chi connectivity index (χ3n) is 4.11. The maximum absolute atomic E-state index is 12.3. The Labute approximate surface area is 152 Å². The highest BCUT2D eigenvalue weighted by molar-refractivity contribution is 5.87. The number of rotatable bonds is 8. The maximum atomic E-state index is 12.3. The second kappa shape index (κ2) is 8.89. The van der Waals surface area contributed by atoms with Crippen molar-refractivity contribution in [2.24, 2.45) is 5.92 Å². The van der Waals surface area contributed by atoms with Crippen molar-refractivity contribution < 1.29 is 24.2 Å². The molecule has 0 saturated heterocycles. The van der Waals surface area contributed by atoms with Gasteiger partial charge in [-0.15, -0.1) is 0 Å². The molecule has 0 heterocycles. The Bertz CT molecular complexity index is 770. The number of carbonyl (C=O) groups excluding carboxylic acids is 1. The topological polar surface area (TPSA) is 84.9 Å². The van der Waals surface area contributed by atoms with E-state index < -0.39 is 5.97 Å². The van der Waals surface area contributed by atoms with Crippen LogP contribution in [0.1, 0.15) is 28.4 Å². The molecule has 1 amide bonds. The van der Waals surface area contributed by atoms with E-state index in [-0.39, 0.29) is 17.4 Å². The molecule has 2 aromatic rings. The minimum Gasteiger partial charge on any atom is -0.493 e. The fraction of sp³-hybridized carbons (Fsp3) is 0.300. The summed E-state index contributed by atoms with van der Waals surface area (Å²) in [5.74, 6) is 0.0342. The lowest BCUT2D eigenvalue weighted by Gasteiger charge is -2.14. The molecule has 0 fully saturated rings. The highest BCUT2D eigenvalue weighted by atomic mass is 16.5. The quantitative estimate of drug-likeness (QED) is 0.759. The van der Waals surface area contributed by atoms with Crippen molar-refractivity contribution in [3.05, 3.63) is 59.2 Å². The summed E-state index contributed by atoms with van der Waals surface area (Å²) in [6, 6.07) is 12.0. The van der Waals surface area contributed by atoms with Crippen LogP contribution < -0.4 is 14.8 Å². The van der Waals surface area contributed by atoms with Crippen LogP contribution in [0, 0.1) is 5.92 Å². The maximum Gasteiger partial charge on any atom is 0.335 e. The summed E-state index contributed by atoms with van der Waals surface area (Å²) in [5, 5.41) is 11.8. The van der Waals surface area contributed by atoms with Gasteiger partial charge in [-0.05, 0) is 41.8 Å².